The molecule has 0 radical (unpaired) electrons. The fraction of sp³-hybridized carbons (Fsp3) is 0.147. The number of rotatable bonds is 4. The molecular weight excluding hydrogens is 596 g/mol. The van der Waals surface area contributed by atoms with E-state index in [4.69, 9.17) is 9.47 Å². The van der Waals surface area contributed by atoms with Gasteiger partial charge >= 0.3 is 0 Å². The van der Waals surface area contributed by atoms with Gasteiger partial charge in [-0.3, -0.25) is 14.4 Å². The van der Waals surface area contributed by atoms with E-state index < -0.39 is 23.4 Å². The highest BCUT2D eigenvalue weighted by molar-refractivity contribution is 9.10. The maximum atomic E-state index is 14.9. The molecule has 4 aliphatic heterocycles. The van der Waals surface area contributed by atoms with Crippen LogP contribution >= 0.6 is 15.9 Å². The second-order valence-corrected chi connectivity index (χ2v) is 11.8. The molecule has 1 fully saturated rings. The van der Waals surface area contributed by atoms with Gasteiger partial charge in [-0.1, -0.05) is 76.6 Å². The Morgan fingerprint density at radius 2 is 1.60 bits per heavy atom. The zero-order valence-electron chi connectivity index (χ0n) is 22.1. The summed E-state index contributed by atoms with van der Waals surface area (Å²) in [4.78, 5) is 46.1. The Labute approximate surface area is 249 Å². The number of hydrogen-bond acceptors (Lipinski definition) is 6. The minimum Gasteiger partial charge on any atom is -0.454 e. The van der Waals surface area contributed by atoms with Crippen LogP contribution < -0.4 is 19.7 Å². The molecule has 42 heavy (non-hydrogen) atoms. The van der Waals surface area contributed by atoms with Gasteiger partial charge < -0.3 is 19.7 Å². The molecule has 4 aromatic rings. The minimum absolute atomic E-state index is 0.0677. The molecule has 7 nitrogen and oxygen atoms in total. The number of carbonyl (C=O) groups excluding carboxylic acids is 3. The fourth-order valence-electron chi connectivity index (χ4n) is 7.13. The Morgan fingerprint density at radius 1 is 0.857 bits per heavy atom. The predicted molar refractivity (Wildman–Crippen MR) is 161 cm³/mol. The average molecular weight is 619 g/mol. The van der Waals surface area contributed by atoms with Crippen LogP contribution in [0.25, 0.3) is 6.08 Å². The van der Waals surface area contributed by atoms with E-state index in [1.807, 2.05) is 77.7 Å². The van der Waals surface area contributed by atoms with Crippen LogP contribution in [-0.2, 0) is 10.2 Å². The summed E-state index contributed by atoms with van der Waals surface area (Å²) < 4.78 is 11.9. The Morgan fingerprint density at radius 3 is 2.45 bits per heavy atom. The van der Waals surface area contributed by atoms with Gasteiger partial charge in [-0.05, 0) is 53.6 Å². The van der Waals surface area contributed by atoms with E-state index >= 15 is 0 Å². The van der Waals surface area contributed by atoms with Gasteiger partial charge in [-0.25, -0.2) is 0 Å². The molecule has 206 valence electrons. The highest BCUT2D eigenvalue weighted by Gasteiger charge is 2.70. The zero-order valence-corrected chi connectivity index (χ0v) is 23.7. The molecule has 4 atom stereocenters. The lowest BCUT2D eigenvalue weighted by Gasteiger charge is -2.37. The number of nitrogens with zero attached hydrogens (tertiary/aromatic N) is 1. The number of benzene rings is 4. The second-order valence-electron chi connectivity index (χ2n) is 10.9. The fourth-order valence-corrected chi connectivity index (χ4v) is 7.40. The van der Waals surface area contributed by atoms with Crippen LogP contribution in [0.2, 0.25) is 0 Å². The van der Waals surface area contributed by atoms with E-state index in [2.05, 4.69) is 21.2 Å². The van der Waals surface area contributed by atoms with Crippen LogP contribution in [0.3, 0.4) is 0 Å². The predicted octanol–water partition coefficient (Wildman–Crippen LogP) is 6.03. The SMILES string of the molecule is O=C(c1ccc(Br)cc1)[C@@H]1[C@H](C(=O)c2ccc3c(c2)OCO3)[C@]2(C(=O)Nc3ccccc32)[C@H]2C=Cc3ccccc3N12. The summed E-state index contributed by atoms with van der Waals surface area (Å²) in [7, 11) is 0. The van der Waals surface area contributed by atoms with Crippen LogP contribution in [0, 0.1) is 5.92 Å². The number of nitrogens with one attached hydrogen (secondary N) is 1. The third-order valence-electron chi connectivity index (χ3n) is 8.88. The molecule has 8 heteroatoms. The number of fused-ring (bicyclic) bond motifs is 7. The summed E-state index contributed by atoms with van der Waals surface area (Å²) in [5.41, 5.74) is 2.52. The Balaban J connectivity index is 1.41. The number of ether oxygens (including phenoxy) is 2. The van der Waals surface area contributed by atoms with Gasteiger partial charge in [0.05, 0.1) is 12.0 Å². The molecule has 0 bridgehead atoms. The molecule has 0 saturated carbocycles. The number of anilines is 2. The lowest BCUT2D eigenvalue weighted by Crippen LogP contribution is -2.51. The number of Topliss-reactive ketones (excluding diaryl/α,β-unsaturated/α-hetero) is 2. The Hall–Kier alpha value is -4.69. The summed E-state index contributed by atoms with van der Waals surface area (Å²) in [5, 5.41) is 3.06. The van der Waals surface area contributed by atoms with Crippen molar-refractivity contribution in [2.75, 3.05) is 17.0 Å². The molecule has 4 aromatic carbocycles. The van der Waals surface area contributed by atoms with Crippen molar-refractivity contribution < 1.29 is 23.9 Å². The number of amides is 1. The summed E-state index contributed by atoms with van der Waals surface area (Å²) in [6.07, 6.45) is 3.96. The smallest absolute Gasteiger partial charge is 0.238 e. The van der Waals surface area contributed by atoms with E-state index in [0.29, 0.717) is 33.9 Å². The van der Waals surface area contributed by atoms with Crippen LogP contribution in [0.1, 0.15) is 31.8 Å². The molecule has 1 N–H and O–H groups in total. The zero-order chi connectivity index (χ0) is 28.6. The van der Waals surface area contributed by atoms with Gasteiger partial charge in [0.25, 0.3) is 0 Å². The first-order valence-corrected chi connectivity index (χ1v) is 14.5. The number of hydrogen-bond donors (Lipinski definition) is 1. The van der Waals surface area contributed by atoms with Gasteiger partial charge in [-0.15, -0.1) is 0 Å². The topological polar surface area (TPSA) is 84.9 Å². The maximum Gasteiger partial charge on any atom is 0.238 e. The van der Waals surface area contributed by atoms with Crippen molar-refractivity contribution in [3.8, 4) is 11.5 Å². The highest BCUT2D eigenvalue weighted by Crippen LogP contribution is 2.58. The number of halogens is 1. The molecule has 4 aliphatic rings. The van der Waals surface area contributed by atoms with Crippen LogP contribution in [0.4, 0.5) is 11.4 Å². The molecule has 0 unspecified atom stereocenters. The first-order chi connectivity index (χ1) is 20.5. The lowest BCUT2D eigenvalue weighted by atomic mass is 9.64. The van der Waals surface area contributed by atoms with E-state index in [9.17, 15) is 14.4 Å². The van der Waals surface area contributed by atoms with Crippen molar-refractivity contribution >= 4 is 50.9 Å². The van der Waals surface area contributed by atoms with Crippen molar-refractivity contribution in [2.24, 2.45) is 5.92 Å². The van der Waals surface area contributed by atoms with Crippen LogP contribution in [0.5, 0.6) is 11.5 Å². The number of ketones is 2. The Kier molecular flexibility index (Phi) is 5.46. The average Bonchev–Trinajstić information content (AvgIpc) is 3.70. The molecule has 0 aromatic heterocycles. The molecule has 0 aliphatic carbocycles. The van der Waals surface area contributed by atoms with E-state index in [0.717, 1.165) is 15.7 Å². The first-order valence-electron chi connectivity index (χ1n) is 13.7. The molecule has 4 heterocycles. The van der Waals surface area contributed by atoms with Crippen molar-refractivity contribution in [1.82, 2.24) is 0 Å². The van der Waals surface area contributed by atoms with Crippen LogP contribution in [-0.4, -0.2) is 36.4 Å². The van der Waals surface area contributed by atoms with Gasteiger partial charge in [0.1, 0.15) is 11.5 Å². The molecule has 8 rings (SSSR count). The molecular formula is C34H23BrN2O5. The summed E-state index contributed by atoms with van der Waals surface area (Å²) in [6.45, 7) is 0.0677. The van der Waals surface area contributed by atoms with Crippen molar-refractivity contribution in [1.29, 1.82) is 0 Å². The normalized spacial score (nSPS) is 24.3. The van der Waals surface area contributed by atoms with Gasteiger partial charge in [0, 0.05) is 27.0 Å². The lowest BCUT2D eigenvalue weighted by molar-refractivity contribution is -0.121. The van der Waals surface area contributed by atoms with E-state index in [1.165, 1.54) is 0 Å². The monoisotopic (exact) mass is 618 g/mol. The van der Waals surface area contributed by atoms with E-state index in [-0.39, 0.29) is 24.3 Å². The van der Waals surface area contributed by atoms with Crippen molar-refractivity contribution in [3.05, 3.63) is 124 Å². The summed E-state index contributed by atoms with van der Waals surface area (Å²) in [6, 6.07) is 25.9. The Bertz CT molecular complexity index is 1850. The van der Waals surface area contributed by atoms with Gasteiger partial charge in [-0.2, -0.15) is 0 Å². The number of para-hydroxylation sites is 2. The first kappa shape index (κ1) is 25.1. The molecule has 1 amide bonds. The second kappa shape index (κ2) is 9.16. The third-order valence-corrected chi connectivity index (χ3v) is 9.41. The van der Waals surface area contributed by atoms with Crippen LogP contribution in [0.15, 0.2) is 102 Å². The maximum absolute atomic E-state index is 14.9. The quantitative estimate of drug-likeness (QED) is 0.281. The van der Waals surface area contributed by atoms with Gasteiger partial charge in [0.15, 0.2) is 23.1 Å². The number of carbonyl (C=O) groups is 3. The van der Waals surface area contributed by atoms with E-state index in [1.54, 1.807) is 30.3 Å². The standard InChI is InChI=1S/C34H23BrN2O5/c35-22-13-9-20(10-14-22)32(39)30-29(31(38)21-11-15-26-27(17-21)42-18-41-26)34(23-6-2-3-7-24(23)36-33(34)40)28-16-12-19-5-1-4-8-25(19)37(28)30/h1-17,28-30H,18H2,(H,36,40)/t28-,29-,30+,34-/m1/s1. The minimum atomic E-state index is -1.37. The van der Waals surface area contributed by atoms with Gasteiger partial charge in [0.2, 0.25) is 12.7 Å². The highest BCUT2D eigenvalue weighted by atomic mass is 79.9. The largest absolute Gasteiger partial charge is 0.454 e. The summed E-state index contributed by atoms with van der Waals surface area (Å²) in [5.74, 6) is -0.885. The van der Waals surface area contributed by atoms with Crippen molar-refractivity contribution in [2.45, 2.75) is 17.5 Å². The summed E-state index contributed by atoms with van der Waals surface area (Å²) >= 11 is 3.46. The van der Waals surface area contributed by atoms with Crippen molar-refractivity contribution in [3.63, 3.8) is 0 Å². The molecule has 1 saturated heterocycles. The molecule has 1 spiro atoms. The third kappa shape index (κ3) is 3.35.